The Bertz CT molecular complexity index is 588. The first-order valence-electron chi connectivity index (χ1n) is 7.27. The molecule has 23 heavy (non-hydrogen) atoms. The van der Waals surface area contributed by atoms with Gasteiger partial charge in [-0.2, -0.15) is 0 Å². The minimum atomic E-state index is -0.595. The molecule has 0 heterocycles. The summed E-state index contributed by atoms with van der Waals surface area (Å²) in [5, 5.41) is 2.78. The number of alkyl carbamates (subject to hydrolysis) is 1. The van der Waals surface area contributed by atoms with Gasteiger partial charge < -0.3 is 14.8 Å². The smallest absolute Gasteiger partial charge is 0.407 e. The number of rotatable bonds is 7. The van der Waals surface area contributed by atoms with E-state index in [4.69, 9.17) is 9.47 Å². The molecule has 0 unspecified atom stereocenters. The first-order chi connectivity index (χ1) is 10.8. The van der Waals surface area contributed by atoms with Gasteiger partial charge in [0.25, 0.3) is 0 Å². The average molecular weight is 317 g/mol. The van der Waals surface area contributed by atoms with E-state index in [2.05, 4.69) is 18.5 Å². The maximum Gasteiger partial charge on any atom is 0.407 e. The van der Waals surface area contributed by atoms with Crippen LogP contribution in [0.4, 0.5) is 4.79 Å². The minimum absolute atomic E-state index is 0.00793. The van der Waals surface area contributed by atoms with E-state index in [0.29, 0.717) is 0 Å². The Morgan fingerprint density at radius 3 is 2.26 bits per heavy atom. The fraction of sp³-hybridized carbons (Fsp3) is 0.333. The largest absolute Gasteiger partial charge is 0.459 e. The second kappa shape index (κ2) is 8.17. The molecule has 0 saturated heterocycles. The molecule has 0 saturated carbocycles. The SMILES string of the molecule is C=CC(=O)OCCOC(=O)NC(C)(C)c1ccc(C(=C)C)cc1. The molecule has 0 atom stereocenters. The van der Waals surface area contributed by atoms with Crippen LogP contribution in [-0.2, 0) is 19.8 Å². The van der Waals surface area contributed by atoms with Crippen molar-refractivity contribution in [2.45, 2.75) is 26.3 Å². The van der Waals surface area contributed by atoms with Gasteiger partial charge in [0.05, 0.1) is 5.54 Å². The topological polar surface area (TPSA) is 64.6 Å². The molecule has 0 radical (unpaired) electrons. The van der Waals surface area contributed by atoms with Gasteiger partial charge in [-0.25, -0.2) is 9.59 Å². The number of amides is 1. The summed E-state index contributed by atoms with van der Waals surface area (Å²) in [5.41, 5.74) is 2.38. The van der Waals surface area contributed by atoms with Crippen LogP contribution in [-0.4, -0.2) is 25.3 Å². The summed E-state index contributed by atoms with van der Waals surface area (Å²) in [6.07, 6.45) is 0.478. The van der Waals surface area contributed by atoms with Gasteiger partial charge in [0.1, 0.15) is 13.2 Å². The van der Waals surface area contributed by atoms with Crippen LogP contribution in [0.2, 0.25) is 0 Å². The molecule has 0 fully saturated rings. The molecule has 5 heteroatoms. The molecule has 1 amide bonds. The highest BCUT2D eigenvalue weighted by Crippen LogP contribution is 2.22. The van der Waals surface area contributed by atoms with E-state index in [1.165, 1.54) is 0 Å². The van der Waals surface area contributed by atoms with Gasteiger partial charge in [-0.3, -0.25) is 0 Å². The van der Waals surface area contributed by atoms with Gasteiger partial charge in [0, 0.05) is 6.08 Å². The third kappa shape index (κ3) is 5.98. The quantitative estimate of drug-likeness (QED) is 0.475. The molecule has 5 nitrogen and oxygen atoms in total. The lowest BCUT2D eigenvalue weighted by Crippen LogP contribution is -2.41. The number of nitrogens with one attached hydrogen (secondary N) is 1. The summed E-state index contributed by atoms with van der Waals surface area (Å²) in [4.78, 5) is 22.7. The molecule has 0 aliphatic heterocycles. The Balaban J connectivity index is 2.53. The Kier molecular flexibility index (Phi) is 6.57. The van der Waals surface area contributed by atoms with Crippen molar-refractivity contribution in [1.82, 2.24) is 5.32 Å². The minimum Gasteiger partial charge on any atom is -0.459 e. The van der Waals surface area contributed by atoms with Gasteiger partial charge in [-0.15, -0.1) is 0 Å². The van der Waals surface area contributed by atoms with Crippen molar-refractivity contribution >= 4 is 17.6 Å². The molecule has 0 aliphatic carbocycles. The zero-order valence-corrected chi connectivity index (χ0v) is 13.8. The van der Waals surface area contributed by atoms with Crippen LogP contribution < -0.4 is 5.32 Å². The second-order valence-electron chi connectivity index (χ2n) is 5.62. The number of hydrogen-bond acceptors (Lipinski definition) is 4. The fourth-order valence-electron chi connectivity index (χ4n) is 1.87. The highest BCUT2D eigenvalue weighted by molar-refractivity contribution is 5.81. The van der Waals surface area contributed by atoms with E-state index in [0.717, 1.165) is 22.8 Å². The summed E-state index contributed by atoms with van der Waals surface area (Å²) in [7, 11) is 0. The predicted octanol–water partition coefficient (Wildman–Crippen LogP) is 3.41. The van der Waals surface area contributed by atoms with Crippen molar-refractivity contribution in [3.05, 3.63) is 54.6 Å². The van der Waals surface area contributed by atoms with Crippen LogP contribution in [0.1, 0.15) is 31.9 Å². The fourth-order valence-corrected chi connectivity index (χ4v) is 1.87. The summed E-state index contributed by atoms with van der Waals surface area (Å²) >= 11 is 0. The lowest BCUT2D eigenvalue weighted by Gasteiger charge is -2.26. The maximum absolute atomic E-state index is 11.8. The maximum atomic E-state index is 11.8. The van der Waals surface area contributed by atoms with Gasteiger partial charge in [0.2, 0.25) is 0 Å². The number of hydrogen-bond donors (Lipinski definition) is 1. The van der Waals surface area contributed by atoms with Gasteiger partial charge in [-0.1, -0.05) is 43.0 Å². The highest BCUT2D eigenvalue weighted by Gasteiger charge is 2.23. The van der Waals surface area contributed by atoms with Crippen LogP contribution in [0.3, 0.4) is 0 Å². The molecule has 0 aromatic heterocycles. The molecule has 1 N–H and O–H groups in total. The molecule has 1 aromatic rings. The van der Waals surface area contributed by atoms with Crippen molar-refractivity contribution in [3.63, 3.8) is 0 Å². The van der Waals surface area contributed by atoms with E-state index in [1.807, 2.05) is 45.0 Å². The van der Waals surface area contributed by atoms with E-state index in [1.54, 1.807) is 0 Å². The summed E-state index contributed by atoms with van der Waals surface area (Å²) < 4.78 is 9.70. The normalized spacial score (nSPS) is 10.6. The summed E-state index contributed by atoms with van der Waals surface area (Å²) in [6.45, 7) is 12.8. The Morgan fingerprint density at radius 2 is 1.74 bits per heavy atom. The second-order valence-corrected chi connectivity index (χ2v) is 5.62. The van der Waals surface area contributed by atoms with Gasteiger partial charge in [-0.05, 0) is 31.9 Å². The van der Waals surface area contributed by atoms with Crippen LogP contribution in [0.15, 0.2) is 43.5 Å². The van der Waals surface area contributed by atoms with Crippen LogP contribution >= 0.6 is 0 Å². The monoisotopic (exact) mass is 317 g/mol. The van der Waals surface area contributed by atoms with Crippen molar-refractivity contribution in [3.8, 4) is 0 Å². The molecule has 0 aliphatic rings. The number of esters is 1. The number of allylic oxidation sites excluding steroid dienone is 1. The Hall–Kier alpha value is -2.56. The molecule has 1 rings (SSSR count). The first-order valence-corrected chi connectivity index (χ1v) is 7.27. The standard InChI is InChI=1S/C18H23NO4/c1-6-16(20)22-11-12-23-17(21)19-18(4,5)15-9-7-14(8-10-15)13(2)3/h6-10H,1-2,11-12H2,3-5H3,(H,19,21). The van der Waals surface area contributed by atoms with Crippen LogP contribution in [0, 0.1) is 0 Å². The van der Waals surface area contributed by atoms with E-state index in [9.17, 15) is 9.59 Å². The molecule has 0 bridgehead atoms. The Labute approximate surface area is 137 Å². The lowest BCUT2D eigenvalue weighted by atomic mass is 9.93. The number of carbonyl (C=O) groups is 2. The van der Waals surface area contributed by atoms with Crippen molar-refractivity contribution in [1.29, 1.82) is 0 Å². The molecule has 1 aromatic carbocycles. The number of carbonyl (C=O) groups excluding carboxylic acids is 2. The predicted molar refractivity (Wildman–Crippen MR) is 89.8 cm³/mol. The Morgan fingerprint density at radius 1 is 1.17 bits per heavy atom. The third-order valence-electron chi connectivity index (χ3n) is 3.24. The molecular formula is C18H23NO4. The highest BCUT2D eigenvalue weighted by atomic mass is 16.6. The number of benzene rings is 1. The molecular weight excluding hydrogens is 294 g/mol. The molecule has 124 valence electrons. The van der Waals surface area contributed by atoms with Crippen molar-refractivity contribution < 1.29 is 19.1 Å². The van der Waals surface area contributed by atoms with Gasteiger partial charge in [0.15, 0.2) is 0 Å². The summed E-state index contributed by atoms with van der Waals surface area (Å²) in [5.74, 6) is -0.549. The first kappa shape index (κ1) is 18.5. The van der Waals surface area contributed by atoms with Gasteiger partial charge >= 0.3 is 12.1 Å². The summed E-state index contributed by atoms with van der Waals surface area (Å²) in [6, 6.07) is 7.80. The lowest BCUT2D eigenvalue weighted by molar-refractivity contribution is -0.138. The van der Waals surface area contributed by atoms with Crippen LogP contribution in [0.5, 0.6) is 0 Å². The van der Waals surface area contributed by atoms with E-state index in [-0.39, 0.29) is 13.2 Å². The average Bonchev–Trinajstić information content (AvgIpc) is 2.50. The van der Waals surface area contributed by atoms with Crippen molar-refractivity contribution in [2.24, 2.45) is 0 Å². The molecule has 0 spiro atoms. The zero-order chi connectivity index (χ0) is 17.5. The van der Waals surface area contributed by atoms with Crippen molar-refractivity contribution in [2.75, 3.05) is 13.2 Å². The van der Waals surface area contributed by atoms with E-state index < -0.39 is 17.6 Å². The number of ether oxygens (including phenoxy) is 2. The van der Waals surface area contributed by atoms with Crippen LogP contribution in [0.25, 0.3) is 5.57 Å². The zero-order valence-electron chi connectivity index (χ0n) is 13.8. The third-order valence-corrected chi connectivity index (χ3v) is 3.24. The van der Waals surface area contributed by atoms with E-state index >= 15 is 0 Å².